The molecular formula is C16H18ClN3O3S. The molecule has 0 aliphatic carbocycles. The third kappa shape index (κ3) is 3.52. The van der Waals surface area contributed by atoms with Crippen LogP contribution in [0.3, 0.4) is 0 Å². The van der Waals surface area contributed by atoms with Crippen LogP contribution in [-0.2, 0) is 23.3 Å². The van der Waals surface area contributed by atoms with Crippen LogP contribution in [0.5, 0.6) is 0 Å². The van der Waals surface area contributed by atoms with Gasteiger partial charge in [-0.05, 0) is 24.1 Å². The fraction of sp³-hybridized carbons (Fsp3) is 0.250. The molecule has 1 aromatic carbocycles. The highest BCUT2D eigenvalue weighted by Crippen LogP contribution is 2.28. The Bertz CT molecular complexity index is 979. The van der Waals surface area contributed by atoms with E-state index >= 15 is 0 Å². The Balaban J connectivity index is 2.78. The van der Waals surface area contributed by atoms with Crippen molar-refractivity contribution in [1.82, 2.24) is 4.57 Å². The second kappa shape index (κ2) is 6.78. The van der Waals surface area contributed by atoms with Crippen LogP contribution in [0.25, 0.3) is 11.1 Å². The number of halogens is 1. The van der Waals surface area contributed by atoms with Gasteiger partial charge in [0.25, 0.3) is 5.56 Å². The first-order valence-electron chi connectivity index (χ1n) is 7.18. The number of nitrogens with zero attached hydrogens (tertiary/aromatic N) is 2. The summed E-state index contributed by atoms with van der Waals surface area (Å²) >= 11 is 6.19. The van der Waals surface area contributed by atoms with Crippen molar-refractivity contribution >= 4 is 32.4 Å². The summed E-state index contributed by atoms with van der Waals surface area (Å²) in [7, 11) is -2.11. The molecule has 0 saturated carbocycles. The van der Waals surface area contributed by atoms with Gasteiger partial charge >= 0.3 is 0 Å². The Labute approximate surface area is 145 Å². The minimum atomic E-state index is -3.63. The van der Waals surface area contributed by atoms with Crippen LogP contribution in [0.2, 0.25) is 5.02 Å². The van der Waals surface area contributed by atoms with Crippen LogP contribution in [-0.4, -0.2) is 24.4 Å². The third-order valence-corrected chi connectivity index (χ3v) is 4.78. The topological polar surface area (TPSA) is 94.5 Å². The van der Waals surface area contributed by atoms with Crippen molar-refractivity contribution in [1.29, 1.82) is 0 Å². The Morgan fingerprint density at radius 2 is 1.92 bits per heavy atom. The number of nitrogens with two attached hydrogens (primary N) is 1. The summed E-state index contributed by atoms with van der Waals surface area (Å²) in [5, 5.41) is -0.0683. The van der Waals surface area contributed by atoms with Gasteiger partial charge in [-0.3, -0.25) is 9.36 Å². The molecule has 0 unspecified atom stereocenters. The molecule has 1 aromatic heterocycles. The summed E-state index contributed by atoms with van der Waals surface area (Å²) in [4.78, 5) is 16.6. The number of aryl methyl sites for hydroxylation is 1. The van der Waals surface area contributed by atoms with Gasteiger partial charge in [0, 0.05) is 29.5 Å². The molecule has 0 spiro atoms. The van der Waals surface area contributed by atoms with Crippen LogP contribution in [0.4, 0.5) is 5.82 Å². The van der Waals surface area contributed by atoms with Crippen molar-refractivity contribution in [3.8, 4) is 11.1 Å². The summed E-state index contributed by atoms with van der Waals surface area (Å²) < 4.78 is 24.3. The van der Waals surface area contributed by atoms with E-state index in [2.05, 4.69) is 4.99 Å². The van der Waals surface area contributed by atoms with Crippen LogP contribution >= 0.6 is 11.6 Å². The van der Waals surface area contributed by atoms with Gasteiger partial charge in [-0.2, -0.15) is 0 Å². The normalized spacial score (nSPS) is 12.4. The van der Waals surface area contributed by atoms with E-state index < -0.39 is 15.0 Å². The Morgan fingerprint density at radius 3 is 2.46 bits per heavy atom. The third-order valence-electron chi connectivity index (χ3n) is 3.60. The Hall–Kier alpha value is -2.12. The molecule has 1 heterocycles. The lowest BCUT2D eigenvalue weighted by molar-refractivity contribution is 0.612. The lowest BCUT2D eigenvalue weighted by atomic mass is 10.0. The van der Waals surface area contributed by atoms with E-state index in [9.17, 15) is 13.2 Å². The molecule has 0 aliphatic heterocycles. The molecule has 8 heteroatoms. The number of benzene rings is 1. The summed E-state index contributed by atoms with van der Waals surface area (Å²) in [5.74, 6) is 0.223. The highest BCUT2D eigenvalue weighted by Gasteiger charge is 2.16. The zero-order valence-electron chi connectivity index (χ0n) is 13.6. The summed E-state index contributed by atoms with van der Waals surface area (Å²) in [6.07, 6.45) is 1.51. The van der Waals surface area contributed by atoms with Gasteiger partial charge in [-0.1, -0.05) is 36.7 Å². The monoisotopic (exact) mass is 367 g/mol. The molecule has 0 fully saturated rings. The first-order valence-corrected chi connectivity index (χ1v) is 9.45. The predicted molar refractivity (Wildman–Crippen MR) is 97.6 cm³/mol. The maximum absolute atomic E-state index is 12.7. The molecule has 0 radical (unpaired) electrons. The quantitative estimate of drug-likeness (QED) is 0.665. The highest BCUT2D eigenvalue weighted by molar-refractivity contribution is 8.05. The first kappa shape index (κ1) is 18.2. The molecule has 0 atom stereocenters. The van der Waals surface area contributed by atoms with E-state index in [1.165, 1.54) is 11.6 Å². The van der Waals surface area contributed by atoms with Crippen LogP contribution in [0.15, 0.2) is 40.1 Å². The van der Waals surface area contributed by atoms with E-state index in [0.717, 1.165) is 6.26 Å². The van der Waals surface area contributed by atoms with Gasteiger partial charge in [-0.25, -0.2) is 13.4 Å². The Morgan fingerprint density at radius 1 is 1.29 bits per heavy atom. The largest absolute Gasteiger partial charge is 0.374 e. The predicted octanol–water partition coefficient (Wildman–Crippen LogP) is 2.26. The molecular weight excluding hydrogens is 350 g/mol. The average molecular weight is 368 g/mol. The molecule has 0 amide bonds. The van der Waals surface area contributed by atoms with Gasteiger partial charge in [0.15, 0.2) is 0 Å². The molecule has 0 saturated heterocycles. The smallest absolute Gasteiger partial charge is 0.259 e. The maximum Gasteiger partial charge on any atom is 0.259 e. The van der Waals surface area contributed by atoms with Crippen LogP contribution in [0.1, 0.15) is 12.5 Å². The van der Waals surface area contributed by atoms with E-state index in [4.69, 9.17) is 17.3 Å². The zero-order chi connectivity index (χ0) is 18.1. The molecule has 2 aromatic rings. The van der Waals surface area contributed by atoms with Crippen LogP contribution in [0, 0.1) is 0 Å². The van der Waals surface area contributed by atoms with Crippen molar-refractivity contribution in [2.24, 2.45) is 17.8 Å². The lowest BCUT2D eigenvalue weighted by Gasteiger charge is -2.13. The van der Waals surface area contributed by atoms with Crippen molar-refractivity contribution in [3.05, 3.63) is 51.3 Å². The van der Waals surface area contributed by atoms with Crippen molar-refractivity contribution in [2.75, 3.05) is 6.26 Å². The molecule has 2 rings (SSSR count). The number of hydrogen-bond donors (Lipinski definition) is 1. The summed E-state index contributed by atoms with van der Waals surface area (Å²) in [6.45, 7) is 1.88. The van der Waals surface area contributed by atoms with E-state index in [-0.39, 0.29) is 11.4 Å². The number of aliphatic imine (C=N–C) groups is 1. The van der Waals surface area contributed by atoms with Gasteiger partial charge in [0.05, 0.1) is 0 Å². The molecule has 24 heavy (non-hydrogen) atoms. The SMILES string of the molecule is CCc1cc(-c2ccccc2Cl)c(=O)n(C)c1N=C(N)S(C)(=O)=O. The van der Waals surface area contributed by atoms with Gasteiger partial charge in [0.1, 0.15) is 5.82 Å². The molecule has 128 valence electrons. The number of amidine groups is 1. The van der Waals surface area contributed by atoms with Crippen molar-refractivity contribution < 1.29 is 8.42 Å². The van der Waals surface area contributed by atoms with Crippen molar-refractivity contribution in [2.45, 2.75) is 13.3 Å². The molecule has 2 N–H and O–H groups in total. The molecule has 0 aliphatic rings. The lowest BCUT2D eigenvalue weighted by Crippen LogP contribution is -2.25. The highest BCUT2D eigenvalue weighted by atomic mass is 35.5. The van der Waals surface area contributed by atoms with Crippen LogP contribution < -0.4 is 11.3 Å². The molecule has 0 bridgehead atoms. The second-order valence-electron chi connectivity index (χ2n) is 5.33. The fourth-order valence-electron chi connectivity index (χ4n) is 2.26. The number of rotatable bonds is 3. The number of pyridine rings is 1. The standard InChI is InChI=1S/C16H18ClN3O3S/c1-4-10-9-12(11-7-5-6-8-13(11)17)15(21)20(2)14(10)19-16(18)24(3,22)23/h5-9H,4H2,1-3H3,(H2,18,19). The van der Waals surface area contributed by atoms with Gasteiger partial charge in [-0.15, -0.1) is 0 Å². The second-order valence-corrected chi connectivity index (χ2v) is 7.70. The van der Waals surface area contributed by atoms with Gasteiger partial charge in [0.2, 0.25) is 15.0 Å². The summed E-state index contributed by atoms with van der Waals surface area (Å²) in [5.41, 5.74) is 6.92. The minimum Gasteiger partial charge on any atom is -0.374 e. The summed E-state index contributed by atoms with van der Waals surface area (Å²) in [6, 6.07) is 8.71. The molecule has 6 nitrogen and oxygen atoms in total. The zero-order valence-corrected chi connectivity index (χ0v) is 15.1. The van der Waals surface area contributed by atoms with Crippen molar-refractivity contribution in [3.63, 3.8) is 0 Å². The number of hydrogen-bond acceptors (Lipinski definition) is 4. The average Bonchev–Trinajstić information content (AvgIpc) is 2.52. The van der Waals surface area contributed by atoms with E-state index in [1.54, 1.807) is 30.3 Å². The van der Waals surface area contributed by atoms with E-state index in [1.807, 2.05) is 6.92 Å². The van der Waals surface area contributed by atoms with Gasteiger partial charge < -0.3 is 5.73 Å². The van der Waals surface area contributed by atoms with E-state index in [0.29, 0.717) is 28.1 Å². The maximum atomic E-state index is 12.7. The first-order chi connectivity index (χ1) is 11.2. The number of sulfone groups is 1. The minimum absolute atomic E-state index is 0.223. The fourth-order valence-corrected chi connectivity index (χ4v) is 2.75. The number of aromatic nitrogens is 1. The Kier molecular flexibility index (Phi) is 5.15.